The van der Waals surface area contributed by atoms with Gasteiger partial charge in [-0.25, -0.2) is 0 Å². The van der Waals surface area contributed by atoms with Gasteiger partial charge in [-0.3, -0.25) is 4.79 Å². The summed E-state index contributed by atoms with van der Waals surface area (Å²) in [5.74, 6) is -0.00986. The number of nitrogens with one attached hydrogen (secondary N) is 2. The topological polar surface area (TPSA) is 44.4 Å². The number of amides is 1. The number of benzene rings is 1. The normalized spacial score (nSPS) is 15.2. The quantitative estimate of drug-likeness (QED) is 0.822. The van der Waals surface area contributed by atoms with Gasteiger partial charge in [0.2, 0.25) is 0 Å². The van der Waals surface area contributed by atoms with Crippen LogP contribution in [0.2, 0.25) is 0 Å². The average molecular weight is 259 g/mol. The number of nitrogens with zero attached hydrogens (tertiary/aromatic N) is 1. The zero-order valence-electron chi connectivity index (χ0n) is 11.2. The maximum Gasteiger partial charge on any atom is 0.251 e. The standard InChI is InChI=1S/C15H21N3O/c1-2-16-14-7-5-13(6-8-14)15(19)17-9-12-18-10-3-4-11-18/h2,5-8,16H,1,3-4,9-12H2,(H,17,19). The van der Waals surface area contributed by atoms with Crippen molar-refractivity contribution in [3.8, 4) is 0 Å². The molecule has 1 fully saturated rings. The van der Waals surface area contributed by atoms with Crippen molar-refractivity contribution in [1.82, 2.24) is 10.2 Å². The van der Waals surface area contributed by atoms with E-state index in [1.54, 1.807) is 6.20 Å². The minimum Gasteiger partial charge on any atom is -0.362 e. The minimum absolute atomic E-state index is 0.00986. The summed E-state index contributed by atoms with van der Waals surface area (Å²) in [6.07, 6.45) is 4.18. The number of carbonyl (C=O) groups excluding carboxylic acids is 1. The van der Waals surface area contributed by atoms with Gasteiger partial charge in [0, 0.05) is 24.3 Å². The van der Waals surface area contributed by atoms with Crippen molar-refractivity contribution in [2.75, 3.05) is 31.5 Å². The van der Waals surface area contributed by atoms with Gasteiger partial charge >= 0.3 is 0 Å². The Labute approximate surface area is 114 Å². The third kappa shape index (κ3) is 4.10. The molecule has 102 valence electrons. The van der Waals surface area contributed by atoms with E-state index in [0.29, 0.717) is 12.1 Å². The van der Waals surface area contributed by atoms with Gasteiger partial charge in [-0.15, -0.1) is 0 Å². The number of anilines is 1. The van der Waals surface area contributed by atoms with Crippen LogP contribution in [0.1, 0.15) is 23.2 Å². The smallest absolute Gasteiger partial charge is 0.251 e. The fourth-order valence-corrected chi connectivity index (χ4v) is 2.27. The molecule has 0 spiro atoms. The maximum atomic E-state index is 11.9. The van der Waals surface area contributed by atoms with Crippen molar-refractivity contribution in [2.24, 2.45) is 0 Å². The van der Waals surface area contributed by atoms with Crippen LogP contribution in [0, 0.1) is 0 Å². The van der Waals surface area contributed by atoms with Gasteiger partial charge in [0.15, 0.2) is 0 Å². The predicted molar refractivity (Wildman–Crippen MR) is 78.3 cm³/mol. The van der Waals surface area contributed by atoms with Gasteiger partial charge in [0.05, 0.1) is 0 Å². The highest BCUT2D eigenvalue weighted by molar-refractivity contribution is 5.94. The second kappa shape index (κ2) is 6.95. The van der Waals surface area contributed by atoms with Crippen molar-refractivity contribution < 1.29 is 4.79 Å². The Morgan fingerprint density at radius 2 is 1.95 bits per heavy atom. The summed E-state index contributed by atoms with van der Waals surface area (Å²) in [5.41, 5.74) is 1.62. The van der Waals surface area contributed by atoms with E-state index in [9.17, 15) is 4.79 Å². The maximum absolute atomic E-state index is 11.9. The summed E-state index contributed by atoms with van der Waals surface area (Å²) >= 11 is 0. The van der Waals surface area contributed by atoms with Gasteiger partial charge in [-0.1, -0.05) is 6.58 Å². The molecule has 0 atom stereocenters. The molecule has 0 unspecified atom stereocenters. The van der Waals surface area contributed by atoms with E-state index in [2.05, 4.69) is 22.1 Å². The third-order valence-electron chi connectivity index (χ3n) is 3.33. The van der Waals surface area contributed by atoms with E-state index in [1.165, 1.54) is 12.8 Å². The van der Waals surface area contributed by atoms with Crippen molar-refractivity contribution >= 4 is 11.6 Å². The second-order valence-corrected chi connectivity index (χ2v) is 4.73. The molecule has 0 saturated carbocycles. The van der Waals surface area contributed by atoms with Crippen LogP contribution in [-0.4, -0.2) is 37.0 Å². The Balaban J connectivity index is 1.76. The van der Waals surface area contributed by atoms with Crippen LogP contribution >= 0.6 is 0 Å². The van der Waals surface area contributed by atoms with Crippen molar-refractivity contribution in [1.29, 1.82) is 0 Å². The van der Waals surface area contributed by atoms with Crippen LogP contribution in [0.4, 0.5) is 5.69 Å². The van der Waals surface area contributed by atoms with E-state index < -0.39 is 0 Å². The van der Waals surface area contributed by atoms with Gasteiger partial charge in [0.1, 0.15) is 0 Å². The Bertz CT molecular complexity index is 422. The molecule has 19 heavy (non-hydrogen) atoms. The fraction of sp³-hybridized carbons (Fsp3) is 0.400. The Morgan fingerprint density at radius 3 is 2.58 bits per heavy atom. The first-order valence-electron chi connectivity index (χ1n) is 6.77. The largest absolute Gasteiger partial charge is 0.362 e. The zero-order valence-corrected chi connectivity index (χ0v) is 11.2. The lowest BCUT2D eigenvalue weighted by atomic mass is 10.2. The highest BCUT2D eigenvalue weighted by Gasteiger charge is 2.11. The number of rotatable bonds is 6. The number of likely N-dealkylation sites (tertiary alicyclic amines) is 1. The van der Waals surface area contributed by atoms with Gasteiger partial charge < -0.3 is 15.5 Å². The molecule has 1 heterocycles. The lowest BCUT2D eigenvalue weighted by Crippen LogP contribution is -2.33. The predicted octanol–water partition coefficient (Wildman–Crippen LogP) is 2.07. The first-order chi connectivity index (χ1) is 9.29. The van der Waals surface area contributed by atoms with E-state index >= 15 is 0 Å². The van der Waals surface area contributed by atoms with Crippen molar-refractivity contribution in [3.05, 3.63) is 42.6 Å². The van der Waals surface area contributed by atoms with Gasteiger partial charge in [-0.05, 0) is 56.4 Å². The SMILES string of the molecule is C=CNc1ccc(C(=O)NCCN2CCCC2)cc1. The van der Waals surface area contributed by atoms with Crippen LogP contribution in [0.25, 0.3) is 0 Å². The van der Waals surface area contributed by atoms with Crippen LogP contribution in [0.15, 0.2) is 37.0 Å². The average Bonchev–Trinajstić information content (AvgIpc) is 2.93. The molecule has 0 aromatic heterocycles. The van der Waals surface area contributed by atoms with Gasteiger partial charge in [-0.2, -0.15) is 0 Å². The van der Waals surface area contributed by atoms with E-state index in [-0.39, 0.29) is 5.91 Å². The molecule has 0 bridgehead atoms. The molecule has 0 aliphatic carbocycles. The minimum atomic E-state index is -0.00986. The molecule has 1 aliphatic rings. The van der Waals surface area contributed by atoms with E-state index in [4.69, 9.17) is 0 Å². The highest BCUT2D eigenvalue weighted by atomic mass is 16.1. The first kappa shape index (κ1) is 13.6. The molecule has 4 nitrogen and oxygen atoms in total. The van der Waals surface area contributed by atoms with E-state index in [1.807, 2.05) is 24.3 Å². The van der Waals surface area contributed by atoms with Crippen molar-refractivity contribution in [2.45, 2.75) is 12.8 Å². The lowest BCUT2D eigenvalue weighted by molar-refractivity contribution is 0.0950. The molecule has 2 N–H and O–H groups in total. The Kier molecular flexibility index (Phi) is 4.98. The molecule has 1 saturated heterocycles. The Morgan fingerprint density at radius 1 is 1.26 bits per heavy atom. The van der Waals surface area contributed by atoms with E-state index in [0.717, 1.165) is 25.3 Å². The third-order valence-corrected chi connectivity index (χ3v) is 3.33. The van der Waals surface area contributed by atoms with Crippen LogP contribution in [0.3, 0.4) is 0 Å². The molecule has 4 heteroatoms. The monoisotopic (exact) mass is 259 g/mol. The second-order valence-electron chi connectivity index (χ2n) is 4.73. The molecule has 0 radical (unpaired) electrons. The zero-order chi connectivity index (χ0) is 13.5. The van der Waals surface area contributed by atoms with Crippen LogP contribution < -0.4 is 10.6 Å². The molecule has 2 rings (SSSR count). The molecular weight excluding hydrogens is 238 g/mol. The summed E-state index contributed by atoms with van der Waals surface area (Å²) in [6.45, 7) is 7.59. The molecular formula is C15H21N3O. The van der Waals surface area contributed by atoms with Gasteiger partial charge in [0.25, 0.3) is 5.91 Å². The summed E-state index contributed by atoms with van der Waals surface area (Å²) in [7, 11) is 0. The van der Waals surface area contributed by atoms with Crippen molar-refractivity contribution in [3.63, 3.8) is 0 Å². The summed E-state index contributed by atoms with van der Waals surface area (Å²) in [6, 6.07) is 7.38. The first-order valence-corrected chi connectivity index (χ1v) is 6.77. The number of hydrogen-bond donors (Lipinski definition) is 2. The Hall–Kier alpha value is -1.81. The fourth-order valence-electron chi connectivity index (χ4n) is 2.27. The molecule has 1 aromatic carbocycles. The molecule has 1 aliphatic heterocycles. The lowest BCUT2D eigenvalue weighted by Gasteiger charge is -2.14. The van der Waals surface area contributed by atoms with Crippen LogP contribution in [-0.2, 0) is 0 Å². The highest BCUT2D eigenvalue weighted by Crippen LogP contribution is 2.09. The number of hydrogen-bond acceptors (Lipinski definition) is 3. The summed E-state index contributed by atoms with van der Waals surface area (Å²) in [5, 5.41) is 5.94. The number of carbonyl (C=O) groups is 1. The summed E-state index contributed by atoms with van der Waals surface area (Å²) in [4.78, 5) is 14.3. The summed E-state index contributed by atoms with van der Waals surface area (Å²) < 4.78 is 0. The molecule has 1 amide bonds. The van der Waals surface area contributed by atoms with Crippen LogP contribution in [0.5, 0.6) is 0 Å². The molecule has 1 aromatic rings.